The number of rotatable bonds is 5. The van der Waals surface area contributed by atoms with E-state index in [-0.39, 0.29) is 0 Å². The van der Waals surface area contributed by atoms with Crippen molar-refractivity contribution in [2.75, 3.05) is 25.5 Å². The molecule has 1 saturated heterocycles. The highest BCUT2D eigenvalue weighted by Gasteiger charge is 2.21. The first kappa shape index (κ1) is 17.5. The van der Waals surface area contributed by atoms with Gasteiger partial charge in [-0.05, 0) is 25.0 Å². The zero-order chi connectivity index (χ0) is 17.9. The van der Waals surface area contributed by atoms with Gasteiger partial charge in [-0.2, -0.15) is 0 Å². The van der Waals surface area contributed by atoms with Crippen LogP contribution in [0, 0.1) is 0 Å². The molecule has 5 nitrogen and oxygen atoms in total. The van der Waals surface area contributed by atoms with E-state index in [9.17, 15) is 0 Å². The average molecular weight is 389 g/mol. The summed E-state index contributed by atoms with van der Waals surface area (Å²) in [5.41, 5.74) is 1.24. The Morgan fingerprint density at radius 1 is 1.27 bits per heavy atom. The number of nitrogens with one attached hydrogen (secondary N) is 1. The molecule has 136 valence electrons. The first-order chi connectivity index (χ1) is 12.7. The Hall–Kier alpha value is -1.89. The van der Waals surface area contributed by atoms with Gasteiger partial charge in [-0.25, -0.2) is 9.97 Å². The molecule has 0 unspecified atom stereocenters. The second-order valence-electron chi connectivity index (χ2n) is 6.50. The molecule has 1 aliphatic rings. The maximum Gasteiger partial charge on any atom is 0.138 e. The second kappa shape index (κ2) is 7.78. The number of nitrogens with zero attached hydrogens (tertiary/aromatic N) is 3. The summed E-state index contributed by atoms with van der Waals surface area (Å²) in [5.74, 6) is 1.85. The van der Waals surface area contributed by atoms with Gasteiger partial charge in [-0.1, -0.05) is 29.8 Å². The van der Waals surface area contributed by atoms with Gasteiger partial charge in [0, 0.05) is 31.2 Å². The quantitative estimate of drug-likeness (QED) is 0.700. The van der Waals surface area contributed by atoms with Gasteiger partial charge >= 0.3 is 0 Å². The van der Waals surface area contributed by atoms with Gasteiger partial charge in [0.2, 0.25) is 0 Å². The summed E-state index contributed by atoms with van der Waals surface area (Å²) >= 11 is 7.61. The van der Waals surface area contributed by atoms with Gasteiger partial charge in [0.25, 0.3) is 0 Å². The molecule has 0 amide bonds. The molecule has 1 fully saturated rings. The Kier molecular flexibility index (Phi) is 5.24. The number of ether oxygens (including phenoxy) is 1. The highest BCUT2D eigenvalue weighted by atomic mass is 35.5. The Labute approximate surface area is 162 Å². The van der Waals surface area contributed by atoms with Crippen molar-refractivity contribution in [2.24, 2.45) is 0 Å². The number of fused-ring (bicyclic) bond motifs is 1. The number of thiophene rings is 1. The van der Waals surface area contributed by atoms with Crippen molar-refractivity contribution in [1.29, 1.82) is 0 Å². The molecule has 0 bridgehead atoms. The minimum Gasteiger partial charge on any atom is -0.496 e. The molecule has 0 aliphatic carbocycles. The molecular formula is C19H21ClN4OS. The monoisotopic (exact) mass is 388 g/mol. The van der Waals surface area contributed by atoms with Crippen molar-refractivity contribution in [1.82, 2.24) is 14.9 Å². The Morgan fingerprint density at radius 3 is 2.88 bits per heavy atom. The molecule has 1 aromatic carbocycles. The van der Waals surface area contributed by atoms with Crippen LogP contribution in [0.15, 0.2) is 36.7 Å². The number of benzene rings is 1. The summed E-state index contributed by atoms with van der Waals surface area (Å²) in [5, 5.41) is 4.60. The van der Waals surface area contributed by atoms with Crippen LogP contribution in [0.5, 0.6) is 5.75 Å². The summed E-state index contributed by atoms with van der Waals surface area (Å²) < 4.78 is 6.21. The van der Waals surface area contributed by atoms with Crippen LogP contribution in [-0.2, 0) is 6.54 Å². The summed E-state index contributed by atoms with van der Waals surface area (Å²) in [4.78, 5) is 12.1. The van der Waals surface area contributed by atoms with Crippen molar-refractivity contribution >= 4 is 39.0 Å². The molecule has 7 heteroatoms. The number of piperidine rings is 1. The maximum atomic E-state index is 6.12. The zero-order valence-corrected chi connectivity index (χ0v) is 16.2. The van der Waals surface area contributed by atoms with Crippen LogP contribution in [0.1, 0.15) is 18.4 Å². The Bertz CT molecular complexity index is 892. The normalized spacial score (nSPS) is 16.1. The van der Waals surface area contributed by atoms with E-state index in [2.05, 4.69) is 32.3 Å². The van der Waals surface area contributed by atoms with Crippen LogP contribution in [0.4, 0.5) is 5.82 Å². The molecular weight excluding hydrogens is 368 g/mol. The fraction of sp³-hybridized carbons (Fsp3) is 0.368. The topological polar surface area (TPSA) is 50.3 Å². The van der Waals surface area contributed by atoms with E-state index in [0.29, 0.717) is 6.04 Å². The van der Waals surface area contributed by atoms with Gasteiger partial charge < -0.3 is 10.1 Å². The summed E-state index contributed by atoms with van der Waals surface area (Å²) in [6.07, 6.45) is 3.77. The summed E-state index contributed by atoms with van der Waals surface area (Å²) in [6, 6.07) is 10.6. The minimum atomic E-state index is 0.417. The fourth-order valence-corrected chi connectivity index (χ4v) is 4.50. The maximum absolute atomic E-state index is 6.12. The SMILES string of the molecule is COc1ccccc1CN1CCC(Nc2ncnc3sc(Cl)cc23)CC1. The number of anilines is 1. The molecule has 0 atom stereocenters. The molecule has 0 radical (unpaired) electrons. The molecule has 26 heavy (non-hydrogen) atoms. The third-order valence-electron chi connectivity index (χ3n) is 4.81. The predicted octanol–water partition coefficient (Wildman–Crippen LogP) is 4.43. The van der Waals surface area contributed by atoms with E-state index in [0.717, 1.165) is 58.6 Å². The first-order valence-corrected chi connectivity index (χ1v) is 9.93. The molecule has 0 saturated carbocycles. The molecule has 4 rings (SSSR count). The second-order valence-corrected chi connectivity index (χ2v) is 8.16. The molecule has 1 aliphatic heterocycles. The minimum absolute atomic E-state index is 0.417. The van der Waals surface area contributed by atoms with Crippen molar-refractivity contribution < 1.29 is 4.74 Å². The standard InChI is InChI=1S/C19H21ClN4OS/c1-25-16-5-3-2-4-13(16)11-24-8-6-14(7-9-24)23-18-15-10-17(20)26-19(15)22-12-21-18/h2-5,10,12,14H,6-9,11H2,1H3,(H,21,22,23). The predicted molar refractivity (Wildman–Crippen MR) is 107 cm³/mol. The number of hydrogen-bond donors (Lipinski definition) is 1. The molecule has 3 aromatic rings. The van der Waals surface area contributed by atoms with Crippen LogP contribution < -0.4 is 10.1 Å². The van der Waals surface area contributed by atoms with Crippen molar-refractivity contribution in [2.45, 2.75) is 25.4 Å². The molecule has 1 N–H and O–H groups in total. The third kappa shape index (κ3) is 3.77. The first-order valence-electron chi connectivity index (χ1n) is 8.74. The third-order valence-corrected chi connectivity index (χ3v) is 5.99. The van der Waals surface area contributed by atoms with Crippen LogP contribution >= 0.6 is 22.9 Å². The van der Waals surface area contributed by atoms with Crippen LogP contribution in [-0.4, -0.2) is 41.1 Å². The van der Waals surface area contributed by atoms with Crippen molar-refractivity contribution in [3.63, 3.8) is 0 Å². The molecule has 2 aromatic heterocycles. The number of para-hydroxylation sites is 1. The zero-order valence-electron chi connectivity index (χ0n) is 14.6. The van der Waals surface area contributed by atoms with E-state index >= 15 is 0 Å². The molecule has 0 spiro atoms. The van der Waals surface area contributed by atoms with Crippen LogP contribution in [0.3, 0.4) is 0 Å². The smallest absolute Gasteiger partial charge is 0.138 e. The lowest BCUT2D eigenvalue weighted by atomic mass is 10.0. The molecule has 3 heterocycles. The number of aromatic nitrogens is 2. The lowest BCUT2D eigenvalue weighted by Crippen LogP contribution is -2.38. The van der Waals surface area contributed by atoms with Crippen molar-refractivity contribution in [3.05, 3.63) is 46.6 Å². The Balaban J connectivity index is 1.37. The highest BCUT2D eigenvalue weighted by Crippen LogP contribution is 2.32. The van der Waals surface area contributed by atoms with Gasteiger partial charge in [0.1, 0.15) is 22.7 Å². The van der Waals surface area contributed by atoms with E-state index in [1.54, 1.807) is 13.4 Å². The van der Waals surface area contributed by atoms with Crippen molar-refractivity contribution in [3.8, 4) is 5.75 Å². The number of likely N-dealkylation sites (tertiary alicyclic amines) is 1. The average Bonchev–Trinajstić information content (AvgIpc) is 3.05. The van der Waals surface area contributed by atoms with Gasteiger partial charge in [0.15, 0.2) is 0 Å². The van der Waals surface area contributed by atoms with Crippen LogP contribution in [0.25, 0.3) is 10.2 Å². The Morgan fingerprint density at radius 2 is 2.08 bits per heavy atom. The lowest BCUT2D eigenvalue weighted by molar-refractivity contribution is 0.209. The largest absolute Gasteiger partial charge is 0.496 e. The number of halogens is 1. The summed E-state index contributed by atoms with van der Waals surface area (Å²) in [7, 11) is 1.73. The lowest BCUT2D eigenvalue weighted by Gasteiger charge is -2.33. The fourth-order valence-electron chi connectivity index (χ4n) is 3.44. The van der Waals surface area contributed by atoms with Gasteiger partial charge in [0.05, 0.1) is 16.8 Å². The highest BCUT2D eigenvalue weighted by molar-refractivity contribution is 7.22. The van der Waals surface area contributed by atoms with Gasteiger partial charge in [-0.15, -0.1) is 11.3 Å². The number of methoxy groups -OCH3 is 1. The van der Waals surface area contributed by atoms with E-state index in [4.69, 9.17) is 16.3 Å². The summed E-state index contributed by atoms with van der Waals surface area (Å²) in [6.45, 7) is 3.03. The number of hydrogen-bond acceptors (Lipinski definition) is 6. The van der Waals surface area contributed by atoms with E-state index in [1.165, 1.54) is 16.9 Å². The van der Waals surface area contributed by atoms with Crippen LogP contribution in [0.2, 0.25) is 4.34 Å². The van der Waals surface area contributed by atoms with E-state index < -0.39 is 0 Å². The van der Waals surface area contributed by atoms with E-state index in [1.807, 2.05) is 18.2 Å². The van der Waals surface area contributed by atoms with Gasteiger partial charge in [-0.3, -0.25) is 4.90 Å².